The Morgan fingerprint density at radius 1 is 1.15 bits per heavy atom. The van der Waals surface area contributed by atoms with Crippen molar-refractivity contribution in [3.05, 3.63) is 41.2 Å². The van der Waals surface area contributed by atoms with Crippen molar-refractivity contribution in [3.63, 3.8) is 0 Å². The quantitative estimate of drug-likeness (QED) is 0.792. The van der Waals surface area contributed by atoms with Gasteiger partial charge in [-0.2, -0.15) is 0 Å². The van der Waals surface area contributed by atoms with E-state index in [2.05, 4.69) is 4.99 Å². The van der Waals surface area contributed by atoms with Crippen molar-refractivity contribution >= 4 is 23.6 Å². The Bertz CT molecular complexity index is 785. The first-order valence-electron chi connectivity index (χ1n) is 9.74. The molecule has 1 aromatic rings. The van der Waals surface area contributed by atoms with E-state index < -0.39 is 0 Å². The number of carbonyl (C=O) groups is 2. The van der Waals surface area contributed by atoms with Gasteiger partial charge in [0.05, 0.1) is 11.3 Å². The van der Waals surface area contributed by atoms with E-state index in [1.165, 1.54) is 19.1 Å². The van der Waals surface area contributed by atoms with E-state index in [1.54, 1.807) is 24.3 Å². The number of amides is 1. The van der Waals surface area contributed by atoms with Gasteiger partial charge < -0.3 is 10.0 Å². The van der Waals surface area contributed by atoms with Crippen LogP contribution in [0.15, 0.2) is 40.6 Å². The third kappa shape index (κ3) is 4.85. The second-order valence-corrected chi connectivity index (χ2v) is 8.32. The highest BCUT2D eigenvalue weighted by Gasteiger charge is 2.32. The molecule has 0 saturated carbocycles. The van der Waals surface area contributed by atoms with Crippen LogP contribution in [0.4, 0.5) is 5.69 Å². The van der Waals surface area contributed by atoms with Gasteiger partial charge in [0.25, 0.3) is 5.91 Å². The van der Waals surface area contributed by atoms with Gasteiger partial charge in [-0.25, -0.2) is 0 Å². The molecule has 1 fully saturated rings. The van der Waals surface area contributed by atoms with Gasteiger partial charge in [-0.1, -0.05) is 32.8 Å². The molecular weight excluding hydrogens is 340 g/mol. The molecule has 5 heteroatoms. The fourth-order valence-electron chi connectivity index (χ4n) is 3.76. The number of aliphatic hydroxyl groups excluding tert-OH is 1. The Labute approximate surface area is 160 Å². The number of rotatable bonds is 3. The number of hydrogen-bond donors (Lipinski definition) is 1. The smallest absolute Gasteiger partial charge is 0.253 e. The number of aliphatic hydroxyl groups is 1. The molecule has 27 heavy (non-hydrogen) atoms. The molecule has 0 atom stereocenters. The lowest BCUT2D eigenvalue weighted by Gasteiger charge is -2.28. The van der Waals surface area contributed by atoms with E-state index >= 15 is 0 Å². The molecular formula is C22H28N2O3. The molecule has 144 valence electrons. The van der Waals surface area contributed by atoms with Gasteiger partial charge in [-0.05, 0) is 36.5 Å². The minimum Gasteiger partial charge on any atom is -0.511 e. The number of carbonyl (C=O) groups excluding carboxylic acids is 2. The molecule has 1 aromatic carbocycles. The summed E-state index contributed by atoms with van der Waals surface area (Å²) in [6.45, 7) is 5.54. The van der Waals surface area contributed by atoms with Crippen LogP contribution < -0.4 is 0 Å². The molecule has 1 saturated heterocycles. The zero-order chi connectivity index (χ0) is 19.4. The standard InChI is InChI=1S/C22H28N2O3/c1-22(2)13-19(25)18(20(26)14-22)15-23-17-9-7-8-16(12-17)21(27)24-10-5-3-4-6-11-24/h7-9,12,15,25H,3-6,10-11,13-14H2,1-2H3. The number of nitrogens with zero attached hydrogens (tertiary/aromatic N) is 2. The maximum absolute atomic E-state index is 12.8. The van der Waals surface area contributed by atoms with E-state index in [1.807, 2.05) is 18.7 Å². The maximum Gasteiger partial charge on any atom is 0.253 e. The lowest BCUT2D eigenvalue weighted by atomic mass is 9.77. The monoisotopic (exact) mass is 368 g/mol. The van der Waals surface area contributed by atoms with Crippen molar-refractivity contribution in [1.29, 1.82) is 0 Å². The average molecular weight is 368 g/mol. The van der Waals surface area contributed by atoms with E-state index in [0.717, 1.165) is 25.9 Å². The van der Waals surface area contributed by atoms with Gasteiger partial charge in [-0.15, -0.1) is 0 Å². The molecule has 1 N–H and O–H groups in total. The van der Waals surface area contributed by atoms with Crippen molar-refractivity contribution in [2.24, 2.45) is 10.4 Å². The molecule has 5 nitrogen and oxygen atoms in total. The van der Waals surface area contributed by atoms with E-state index in [9.17, 15) is 14.7 Å². The first kappa shape index (κ1) is 19.3. The molecule has 2 aliphatic rings. The van der Waals surface area contributed by atoms with Gasteiger partial charge in [-0.3, -0.25) is 14.6 Å². The summed E-state index contributed by atoms with van der Waals surface area (Å²) in [4.78, 5) is 31.3. The number of ketones is 1. The highest BCUT2D eigenvalue weighted by molar-refractivity contribution is 6.15. The SMILES string of the molecule is CC1(C)CC(=O)C(C=Nc2cccc(C(=O)N3CCCCCC3)c2)=C(O)C1. The van der Waals surface area contributed by atoms with Crippen molar-refractivity contribution in [3.8, 4) is 0 Å². The molecule has 0 spiro atoms. The molecule has 1 amide bonds. The first-order chi connectivity index (χ1) is 12.9. The van der Waals surface area contributed by atoms with E-state index in [0.29, 0.717) is 24.1 Å². The zero-order valence-corrected chi connectivity index (χ0v) is 16.2. The summed E-state index contributed by atoms with van der Waals surface area (Å²) in [5, 5.41) is 10.2. The van der Waals surface area contributed by atoms with Crippen molar-refractivity contribution in [1.82, 2.24) is 4.90 Å². The molecule has 0 unspecified atom stereocenters. The van der Waals surface area contributed by atoms with E-state index in [4.69, 9.17) is 0 Å². The number of benzene rings is 1. The second-order valence-electron chi connectivity index (χ2n) is 8.32. The maximum atomic E-state index is 12.8. The summed E-state index contributed by atoms with van der Waals surface area (Å²) in [5.41, 5.74) is 1.27. The summed E-state index contributed by atoms with van der Waals surface area (Å²) in [7, 11) is 0. The fourth-order valence-corrected chi connectivity index (χ4v) is 3.76. The molecule has 0 aromatic heterocycles. The Kier molecular flexibility index (Phi) is 5.78. The van der Waals surface area contributed by atoms with Crippen LogP contribution in [-0.2, 0) is 4.79 Å². The first-order valence-corrected chi connectivity index (χ1v) is 9.74. The zero-order valence-electron chi connectivity index (χ0n) is 16.2. The summed E-state index contributed by atoms with van der Waals surface area (Å²) in [6, 6.07) is 7.15. The average Bonchev–Trinajstić information content (AvgIpc) is 2.89. The third-order valence-electron chi connectivity index (χ3n) is 5.23. The minimum absolute atomic E-state index is 0.0338. The van der Waals surface area contributed by atoms with Gasteiger partial charge in [0.15, 0.2) is 5.78 Å². The predicted molar refractivity (Wildman–Crippen MR) is 107 cm³/mol. The van der Waals surface area contributed by atoms with Gasteiger partial charge >= 0.3 is 0 Å². The van der Waals surface area contributed by atoms with Crippen LogP contribution in [-0.4, -0.2) is 41.0 Å². The molecule has 3 rings (SSSR count). The number of aliphatic imine (C=N–C) groups is 1. The molecule has 1 aliphatic carbocycles. The highest BCUT2D eigenvalue weighted by Crippen LogP contribution is 2.35. The van der Waals surface area contributed by atoms with Crippen LogP contribution in [0.1, 0.15) is 62.7 Å². The topological polar surface area (TPSA) is 70.0 Å². The predicted octanol–water partition coefficient (Wildman–Crippen LogP) is 4.61. The van der Waals surface area contributed by atoms with Gasteiger partial charge in [0.1, 0.15) is 5.76 Å². The Morgan fingerprint density at radius 2 is 1.85 bits per heavy atom. The molecule has 1 aliphatic heterocycles. The number of allylic oxidation sites excluding steroid dienone is 2. The Morgan fingerprint density at radius 3 is 2.52 bits per heavy atom. The Balaban J connectivity index is 1.77. The van der Waals surface area contributed by atoms with Crippen LogP contribution in [0.2, 0.25) is 0 Å². The van der Waals surface area contributed by atoms with Gasteiger partial charge in [0.2, 0.25) is 0 Å². The van der Waals surface area contributed by atoms with Crippen LogP contribution in [0.25, 0.3) is 0 Å². The molecule has 1 heterocycles. The van der Waals surface area contributed by atoms with Crippen LogP contribution >= 0.6 is 0 Å². The molecule has 0 radical (unpaired) electrons. The number of Topliss-reactive ketones (excluding diaryl/α,β-unsaturated/α-hetero) is 1. The molecule has 0 bridgehead atoms. The van der Waals surface area contributed by atoms with Crippen molar-refractivity contribution in [2.75, 3.05) is 13.1 Å². The van der Waals surface area contributed by atoms with E-state index in [-0.39, 0.29) is 28.4 Å². The lowest BCUT2D eigenvalue weighted by Crippen LogP contribution is -2.31. The Hall–Kier alpha value is -2.43. The third-order valence-corrected chi connectivity index (χ3v) is 5.23. The van der Waals surface area contributed by atoms with Gasteiger partial charge in [0, 0.05) is 37.7 Å². The van der Waals surface area contributed by atoms with Crippen molar-refractivity contribution in [2.45, 2.75) is 52.4 Å². The number of hydrogen-bond acceptors (Lipinski definition) is 4. The minimum atomic E-state index is -0.224. The van der Waals surface area contributed by atoms with Crippen LogP contribution in [0, 0.1) is 5.41 Å². The highest BCUT2D eigenvalue weighted by atomic mass is 16.3. The van der Waals surface area contributed by atoms with Crippen LogP contribution in [0.3, 0.4) is 0 Å². The van der Waals surface area contributed by atoms with Crippen molar-refractivity contribution < 1.29 is 14.7 Å². The summed E-state index contributed by atoms with van der Waals surface area (Å²) in [5.74, 6) is 0.0348. The summed E-state index contributed by atoms with van der Waals surface area (Å²) in [6.07, 6.45) is 6.75. The lowest BCUT2D eigenvalue weighted by molar-refractivity contribution is -0.117. The summed E-state index contributed by atoms with van der Waals surface area (Å²) >= 11 is 0. The second kappa shape index (κ2) is 8.07. The number of likely N-dealkylation sites (tertiary alicyclic amines) is 1. The largest absolute Gasteiger partial charge is 0.511 e. The summed E-state index contributed by atoms with van der Waals surface area (Å²) < 4.78 is 0. The fraction of sp³-hybridized carbons (Fsp3) is 0.500. The normalized spacial score (nSPS) is 20.8. The van der Waals surface area contributed by atoms with Crippen LogP contribution in [0.5, 0.6) is 0 Å².